The molecule has 0 radical (unpaired) electrons. The van der Waals surface area contributed by atoms with Crippen LogP contribution in [0.5, 0.6) is 0 Å². The number of aliphatic hydroxyl groups is 1. The Morgan fingerprint density at radius 2 is 1.91 bits per heavy atom. The summed E-state index contributed by atoms with van der Waals surface area (Å²) in [7, 11) is 4.07. The monoisotopic (exact) mass is 312 g/mol. The van der Waals surface area contributed by atoms with Crippen LogP contribution in [0.15, 0.2) is 49.1 Å². The van der Waals surface area contributed by atoms with E-state index in [0.29, 0.717) is 6.42 Å². The molecule has 1 saturated heterocycles. The van der Waals surface area contributed by atoms with Gasteiger partial charge >= 0.3 is 0 Å². The highest BCUT2D eigenvalue weighted by Crippen LogP contribution is 2.35. The van der Waals surface area contributed by atoms with Gasteiger partial charge in [-0.15, -0.1) is 0 Å². The average Bonchev–Trinajstić information content (AvgIpc) is 2.58. The van der Waals surface area contributed by atoms with Crippen molar-refractivity contribution in [3.63, 3.8) is 0 Å². The number of piperidine rings is 1. The zero-order chi connectivity index (χ0) is 16.3. The normalized spacial score (nSPS) is 25.7. The first kappa shape index (κ1) is 16.1. The smallest absolute Gasteiger partial charge is 0.115 e. The van der Waals surface area contributed by atoms with Crippen LogP contribution in [0.4, 0.5) is 0 Å². The molecular formula is C18H24N4O. The third kappa shape index (κ3) is 3.42. The standard InChI is InChI=1S/C18H24N4O/c1-21(2)17-13-22(12-15-10-19-14-20-11-15)9-8-18(17,23)16-6-4-3-5-7-16/h3-7,10-11,14,17,23H,8-9,12-13H2,1-2H3/t17-,18+/m1/s1. The summed E-state index contributed by atoms with van der Waals surface area (Å²) in [6, 6.07) is 10.1. The van der Waals surface area contributed by atoms with Gasteiger partial charge in [-0.25, -0.2) is 9.97 Å². The highest BCUT2D eigenvalue weighted by atomic mass is 16.3. The molecule has 2 heterocycles. The highest BCUT2D eigenvalue weighted by Gasteiger charge is 2.43. The molecule has 1 aromatic carbocycles. The van der Waals surface area contributed by atoms with Crippen molar-refractivity contribution in [3.05, 3.63) is 60.2 Å². The Morgan fingerprint density at radius 3 is 2.57 bits per heavy atom. The molecule has 23 heavy (non-hydrogen) atoms. The van der Waals surface area contributed by atoms with Crippen LogP contribution in [-0.2, 0) is 12.1 Å². The summed E-state index contributed by atoms with van der Waals surface area (Å²) < 4.78 is 0. The molecule has 2 atom stereocenters. The average molecular weight is 312 g/mol. The molecular weight excluding hydrogens is 288 g/mol. The fourth-order valence-corrected chi connectivity index (χ4v) is 3.45. The van der Waals surface area contributed by atoms with Crippen molar-refractivity contribution in [2.24, 2.45) is 0 Å². The summed E-state index contributed by atoms with van der Waals surface area (Å²) >= 11 is 0. The van der Waals surface area contributed by atoms with Gasteiger partial charge in [0.15, 0.2) is 0 Å². The van der Waals surface area contributed by atoms with Gasteiger partial charge in [0.05, 0.1) is 6.04 Å². The Kier molecular flexibility index (Phi) is 4.71. The van der Waals surface area contributed by atoms with Crippen LogP contribution in [0.3, 0.4) is 0 Å². The Labute approximate surface area is 137 Å². The molecule has 1 fully saturated rings. The van der Waals surface area contributed by atoms with Crippen molar-refractivity contribution < 1.29 is 5.11 Å². The van der Waals surface area contributed by atoms with Crippen LogP contribution in [0.25, 0.3) is 0 Å². The second kappa shape index (κ2) is 6.74. The molecule has 3 rings (SSSR count). The molecule has 122 valence electrons. The van der Waals surface area contributed by atoms with Gasteiger partial charge in [0.2, 0.25) is 0 Å². The van der Waals surface area contributed by atoms with Crippen molar-refractivity contribution in [1.29, 1.82) is 0 Å². The molecule has 5 heteroatoms. The lowest BCUT2D eigenvalue weighted by Gasteiger charge is -2.47. The molecule has 5 nitrogen and oxygen atoms in total. The number of nitrogens with zero attached hydrogens (tertiary/aromatic N) is 4. The van der Waals surface area contributed by atoms with Crippen molar-refractivity contribution in [2.45, 2.75) is 24.6 Å². The predicted octanol–water partition coefficient (Wildman–Crippen LogP) is 1.50. The summed E-state index contributed by atoms with van der Waals surface area (Å²) in [4.78, 5) is 12.7. The highest BCUT2D eigenvalue weighted by molar-refractivity contribution is 5.26. The Balaban J connectivity index is 1.79. The molecule has 0 unspecified atom stereocenters. The van der Waals surface area contributed by atoms with E-state index in [9.17, 15) is 5.11 Å². The number of rotatable bonds is 4. The largest absolute Gasteiger partial charge is 0.383 e. The van der Waals surface area contributed by atoms with E-state index in [0.717, 1.165) is 30.8 Å². The second-order valence-corrected chi connectivity index (χ2v) is 6.50. The van der Waals surface area contributed by atoms with Gasteiger partial charge in [0.1, 0.15) is 11.9 Å². The minimum absolute atomic E-state index is 0.0447. The van der Waals surface area contributed by atoms with Crippen LogP contribution in [0.2, 0.25) is 0 Å². The molecule has 1 aliphatic heterocycles. The molecule has 1 N–H and O–H groups in total. The number of hydrogen-bond acceptors (Lipinski definition) is 5. The van der Waals surface area contributed by atoms with Gasteiger partial charge in [0.25, 0.3) is 0 Å². The second-order valence-electron chi connectivity index (χ2n) is 6.50. The zero-order valence-corrected chi connectivity index (χ0v) is 13.8. The van der Waals surface area contributed by atoms with E-state index < -0.39 is 5.60 Å². The molecule has 0 amide bonds. The van der Waals surface area contributed by atoms with E-state index in [-0.39, 0.29) is 6.04 Å². The van der Waals surface area contributed by atoms with Crippen LogP contribution >= 0.6 is 0 Å². The van der Waals surface area contributed by atoms with E-state index in [2.05, 4.69) is 19.8 Å². The minimum Gasteiger partial charge on any atom is -0.383 e. The van der Waals surface area contributed by atoms with E-state index >= 15 is 0 Å². The summed E-state index contributed by atoms with van der Waals surface area (Å²) in [5, 5.41) is 11.4. The third-order valence-corrected chi connectivity index (χ3v) is 4.71. The van der Waals surface area contributed by atoms with Crippen molar-refractivity contribution in [3.8, 4) is 0 Å². The molecule has 0 spiro atoms. The zero-order valence-electron chi connectivity index (χ0n) is 13.8. The summed E-state index contributed by atoms with van der Waals surface area (Å²) in [5.74, 6) is 0. The van der Waals surface area contributed by atoms with Crippen LogP contribution in [0.1, 0.15) is 17.5 Å². The summed E-state index contributed by atoms with van der Waals surface area (Å²) in [6.07, 6.45) is 5.98. The fourth-order valence-electron chi connectivity index (χ4n) is 3.45. The Hall–Kier alpha value is -1.82. The fraction of sp³-hybridized carbons (Fsp3) is 0.444. The maximum Gasteiger partial charge on any atom is 0.115 e. The predicted molar refractivity (Wildman–Crippen MR) is 89.7 cm³/mol. The quantitative estimate of drug-likeness (QED) is 0.927. The van der Waals surface area contributed by atoms with E-state index in [4.69, 9.17) is 0 Å². The first-order chi connectivity index (χ1) is 11.1. The molecule has 0 saturated carbocycles. The molecule has 2 aromatic rings. The summed E-state index contributed by atoms with van der Waals surface area (Å²) in [6.45, 7) is 2.48. The van der Waals surface area contributed by atoms with Gasteiger partial charge in [-0.05, 0) is 26.1 Å². The maximum atomic E-state index is 11.4. The topological polar surface area (TPSA) is 52.5 Å². The van der Waals surface area contributed by atoms with Crippen molar-refractivity contribution in [1.82, 2.24) is 19.8 Å². The van der Waals surface area contributed by atoms with Gasteiger partial charge < -0.3 is 10.0 Å². The van der Waals surface area contributed by atoms with E-state index in [1.54, 1.807) is 6.33 Å². The molecule has 1 aliphatic rings. The SMILES string of the molecule is CN(C)[C@@H]1CN(Cc2cncnc2)CC[C@]1(O)c1ccccc1. The van der Waals surface area contributed by atoms with Gasteiger partial charge in [-0.2, -0.15) is 0 Å². The van der Waals surface area contributed by atoms with Crippen LogP contribution in [-0.4, -0.2) is 58.1 Å². The lowest BCUT2D eigenvalue weighted by atomic mass is 9.80. The van der Waals surface area contributed by atoms with Gasteiger partial charge in [-0.3, -0.25) is 4.90 Å². The lowest BCUT2D eigenvalue weighted by Crippen LogP contribution is -2.58. The van der Waals surface area contributed by atoms with E-state index in [1.165, 1.54) is 0 Å². The Bertz CT molecular complexity index is 619. The van der Waals surface area contributed by atoms with Gasteiger partial charge in [-0.1, -0.05) is 30.3 Å². The molecule has 1 aromatic heterocycles. The van der Waals surface area contributed by atoms with Crippen LogP contribution in [0, 0.1) is 0 Å². The number of hydrogen-bond donors (Lipinski definition) is 1. The maximum absolute atomic E-state index is 11.4. The first-order valence-corrected chi connectivity index (χ1v) is 8.00. The Morgan fingerprint density at radius 1 is 1.22 bits per heavy atom. The minimum atomic E-state index is -0.811. The number of likely N-dealkylation sites (tertiary alicyclic amines) is 1. The number of likely N-dealkylation sites (N-methyl/N-ethyl adjacent to an activating group) is 1. The molecule has 0 aliphatic carbocycles. The van der Waals surface area contributed by atoms with E-state index in [1.807, 2.05) is 56.8 Å². The van der Waals surface area contributed by atoms with Crippen molar-refractivity contribution in [2.75, 3.05) is 27.2 Å². The lowest BCUT2D eigenvalue weighted by molar-refractivity contribution is -0.0893. The molecule has 0 bridgehead atoms. The summed E-state index contributed by atoms with van der Waals surface area (Å²) in [5.41, 5.74) is 1.30. The van der Waals surface area contributed by atoms with Crippen LogP contribution < -0.4 is 0 Å². The first-order valence-electron chi connectivity index (χ1n) is 8.00. The number of benzene rings is 1. The van der Waals surface area contributed by atoms with Crippen molar-refractivity contribution >= 4 is 0 Å². The van der Waals surface area contributed by atoms with Gasteiger partial charge in [0, 0.05) is 37.6 Å². The number of aromatic nitrogens is 2. The third-order valence-electron chi connectivity index (χ3n) is 4.71.